The van der Waals surface area contributed by atoms with Gasteiger partial charge in [-0.1, -0.05) is 261 Å². The Kier molecular flexibility index (Phi) is 52.7. The van der Waals surface area contributed by atoms with Gasteiger partial charge in [-0.3, -0.25) is 14.4 Å². The van der Waals surface area contributed by atoms with Gasteiger partial charge in [-0.2, -0.15) is 0 Å². The summed E-state index contributed by atoms with van der Waals surface area (Å²) in [5.41, 5.74) is 0. The van der Waals surface area contributed by atoms with E-state index in [-0.39, 0.29) is 44.0 Å². The lowest BCUT2D eigenvalue weighted by molar-refractivity contribution is -0.167. The van der Waals surface area contributed by atoms with Crippen molar-refractivity contribution in [2.75, 3.05) is 13.2 Å². The van der Waals surface area contributed by atoms with Crippen LogP contribution in [0, 0.1) is 0 Å². The smallest absolute Gasteiger partial charge is 0.306 e. The molecule has 0 rings (SSSR count). The Labute approximate surface area is 434 Å². The summed E-state index contributed by atoms with van der Waals surface area (Å²) in [6.07, 6.45) is 85.8. The van der Waals surface area contributed by atoms with Crippen molar-refractivity contribution in [1.29, 1.82) is 0 Å². The highest BCUT2D eigenvalue weighted by molar-refractivity contribution is 5.71. The second-order valence-electron chi connectivity index (χ2n) is 17.3. The molecule has 0 amide bonds. The monoisotopic (exact) mass is 973 g/mol. The molecule has 0 radical (unpaired) electrons. The van der Waals surface area contributed by atoms with Crippen molar-refractivity contribution >= 4 is 17.9 Å². The van der Waals surface area contributed by atoms with Gasteiger partial charge in [-0.05, 0) is 89.9 Å². The van der Waals surface area contributed by atoms with Crippen LogP contribution in [0.2, 0.25) is 0 Å². The molecule has 1 atom stereocenters. The maximum absolute atomic E-state index is 12.9. The lowest BCUT2D eigenvalue weighted by atomic mass is 10.1. The average molecular weight is 973 g/mol. The number of ether oxygens (including phenoxy) is 3. The molecule has 0 aliphatic carbocycles. The van der Waals surface area contributed by atoms with Gasteiger partial charge in [0.2, 0.25) is 0 Å². The van der Waals surface area contributed by atoms with Crippen molar-refractivity contribution in [1.82, 2.24) is 0 Å². The van der Waals surface area contributed by atoms with E-state index in [1.807, 2.05) is 122 Å². The van der Waals surface area contributed by atoms with Gasteiger partial charge >= 0.3 is 17.9 Å². The molecule has 0 saturated carbocycles. The molecule has 6 nitrogen and oxygen atoms in total. The third-order valence-corrected chi connectivity index (χ3v) is 10.7. The number of allylic oxidation sites excluding steroid dienone is 30. The van der Waals surface area contributed by atoms with Crippen molar-refractivity contribution in [2.45, 2.75) is 194 Å². The Bertz CT molecular complexity index is 1730. The van der Waals surface area contributed by atoms with Crippen LogP contribution in [-0.2, 0) is 28.6 Å². The molecule has 6 heteroatoms. The van der Waals surface area contributed by atoms with Crippen molar-refractivity contribution in [2.24, 2.45) is 0 Å². The zero-order valence-corrected chi connectivity index (χ0v) is 44.6. The first-order chi connectivity index (χ1) is 35.0. The van der Waals surface area contributed by atoms with Crippen molar-refractivity contribution in [3.63, 3.8) is 0 Å². The summed E-state index contributed by atoms with van der Waals surface area (Å²) in [7, 11) is 0. The number of carbonyl (C=O) groups is 3. The standard InChI is InChI=1S/C65H96O6/c1-4-7-10-13-16-19-22-25-28-30-32-34-37-40-43-46-49-52-55-58-64(67)70-61-62(60-69-63(66)57-54-51-48-45-42-39-36-27-24-21-18-15-12-9-6-3)71-65(68)59-56-53-50-47-44-41-38-35-33-31-29-26-23-20-17-14-11-8-5-2/h7-13,15-22,24-30,32,34,36-37,39-40,42-43,62H,4-6,14,23,31,33,35,38,41,44-61H2,1-3H3/b10-7-,11-8-,12-9-,16-13-,18-15-,20-17-,22-19-,24-21-,28-25-,29-26-,32-30+,36-27-,37-34-,42-39-,43-40-. The molecule has 392 valence electrons. The van der Waals surface area contributed by atoms with Crippen LogP contribution in [0.4, 0.5) is 0 Å². The fourth-order valence-electron chi connectivity index (χ4n) is 6.69. The van der Waals surface area contributed by atoms with E-state index in [4.69, 9.17) is 14.2 Å². The lowest BCUT2D eigenvalue weighted by Gasteiger charge is -2.18. The summed E-state index contributed by atoms with van der Waals surface area (Å²) >= 11 is 0. The Balaban J connectivity index is 4.61. The summed E-state index contributed by atoms with van der Waals surface area (Å²) in [5.74, 6) is -1.03. The molecular weight excluding hydrogens is 877 g/mol. The van der Waals surface area contributed by atoms with E-state index < -0.39 is 6.10 Å². The molecule has 0 N–H and O–H groups in total. The highest BCUT2D eigenvalue weighted by atomic mass is 16.6. The van der Waals surface area contributed by atoms with Gasteiger partial charge in [0.25, 0.3) is 0 Å². The first-order valence-corrected chi connectivity index (χ1v) is 27.5. The number of carbonyl (C=O) groups excluding carboxylic acids is 3. The largest absolute Gasteiger partial charge is 0.462 e. The second kappa shape index (κ2) is 57.1. The fourth-order valence-corrected chi connectivity index (χ4v) is 6.69. The van der Waals surface area contributed by atoms with Crippen molar-refractivity contribution in [3.05, 3.63) is 182 Å². The lowest BCUT2D eigenvalue weighted by Crippen LogP contribution is -2.30. The van der Waals surface area contributed by atoms with E-state index in [0.717, 1.165) is 96.3 Å². The summed E-state index contributed by atoms with van der Waals surface area (Å²) in [6, 6.07) is 0. The first kappa shape index (κ1) is 65.5. The highest BCUT2D eigenvalue weighted by Gasteiger charge is 2.19. The minimum absolute atomic E-state index is 0.128. The van der Waals surface area contributed by atoms with E-state index in [1.54, 1.807) is 0 Å². The molecule has 0 spiro atoms. The number of esters is 3. The molecule has 0 saturated heterocycles. The maximum atomic E-state index is 12.9. The molecule has 1 unspecified atom stereocenters. The second-order valence-corrected chi connectivity index (χ2v) is 17.3. The van der Waals surface area contributed by atoms with Gasteiger partial charge in [0.1, 0.15) is 13.2 Å². The summed E-state index contributed by atoms with van der Waals surface area (Å²) in [5, 5.41) is 0. The molecule has 0 aromatic carbocycles. The molecule has 0 aliphatic heterocycles. The number of hydrogen-bond donors (Lipinski definition) is 0. The van der Waals surface area contributed by atoms with Crippen LogP contribution in [0.5, 0.6) is 0 Å². The predicted molar refractivity (Wildman–Crippen MR) is 306 cm³/mol. The normalized spacial score (nSPS) is 13.6. The number of hydrogen-bond acceptors (Lipinski definition) is 6. The van der Waals surface area contributed by atoms with Crippen molar-refractivity contribution < 1.29 is 28.6 Å². The van der Waals surface area contributed by atoms with Gasteiger partial charge in [0, 0.05) is 19.3 Å². The van der Waals surface area contributed by atoms with Crippen LogP contribution in [0.25, 0.3) is 0 Å². The SMILES string of the molecule is CC\C=C/C=C\C=C/C=C\C=C/CCCCCC(=O)OCC(COC(=O)CCCCC\C=C/C=C\C=C\C=C/C=C\C=C/C=C\CC)OC(=O)CCCCCCCCCCC/C=C\C/C=C\C/C=C\CC. The van der Waals surface area contributed by atoms with Crippen molar-refractivity contribution in [3.8, 4) is 0 Å². The molecule has 0 fully saturated rings. The minimum atomic E-state index is -0.830. The molecule has 0 heterocycles. The molecule has 0 aromatic heterocycles. The van der Waals surface area contributed by atoms with E-state index in [2.05, 4.69) is 81.5 Å². The van der Waals surface area contributed by atoms with Gasteiger partial charge in [-0.25, -0.2) is 0 Å². The van der Waals surface area contributed by atoms with Gasteiger partial charge < -0.3 is 14.2 Å². The predicted octanol–water partition coefficient (Wildman–Crippen LogP) is 18.5. The zero-order valence-electron chi connectivity index (χ0n) is 44.6. The van der Waals surface area contributed by atoms with Crippen LogP contribution in [-0.4, -0.2) is 37.2 Å². The molecule has 0 bridgehead atoms. The van der Waals surface area contributed by atoms with Crippen LogP contribution in [0.3, 0.4) is 0 Å². The Hall–Kier alpha value is -5.49. The average Bonchev–Trinajstić information content (AvgIpc) is 3.37. The summed E-state index contributed by atoms with van der Waals surface area (Å²) < 4.78 is 16.8. The summed E-state index contributed by atoms with van der Waals surface area (Å²) in [4.78, 5) is 38.1. The molecule has 71 heavy (non-hydrogen) atoms. The highest BCUT2D eigenvalue weighted by Crippen LogP contribution is 2.14. The number of rotatable bonds is 46. The molecule has 0 aromatic rings. The Morgan fingerprint density at radius 2 is 0.577 bits per heavy atom. The third-order valence-electron chi connectivity index (χ3n) is 10.7. The fraction of sp³-hybridized carbons (Fsp3) is 0.492. The Morgan fingerprint density at radius 3 is 0.972 bits per heavy atom. The molecule has 0 aliphatic rings. The summed E-state index contributed by atoms with van der Waals surface area (Å²) in [6.45, 7) is 6.13. The van der Waals surface area contributed by atoms with Crippen LogP contribution < -0.4 is 0 Å². The van der Waals surface area contributed by atoms with Gasteiger partial charge in [0.15, 0.2) is 6.10 Å². The van der Waals surface area contributed by atoms with Gasteiger partial charge in [0.05, 0.1) is 0 Å². The quantitative estimate of drug-likeness (QED) is 0.0199. The van der Waals surface area contributed by atoms with Crippen LogP contribution in [0.1, 0.15) is 188 Å². The maximum Gasteiger partial charge on any atom is 0.306 e. The third kappa shape index (κ3) is 55.3. The van der Waals surface area contributed by atoms with Gasteiger partial charge in [-0.15, -0.1) is 0 Å². The van der Waals surface area contributed by atoms with E-state index >= 15 is 0 Å². The first-order valence-electron chi connectivity index (χ1n) is 27.5. The van der Waals surface area contributed by atoms with E-state index in [9.17, 15) is 14.4 Å². The topological polar surface area (TPSA) is 78.9 Å². The number of unbranched alkanes of at least 4 members (excludes halogenated alkanes) is 15. The van der Waals surface area contributed by atoms with E-state index in [1.165, 1.54) is 38.5 Å². The van der Waals surface area contributed by atoms with Crippen LogP contribution in [0.15, 0.2) is 182 Å². The zero-order chi connectivity index (χ0) is 51.4. The molecular formula is C65H96O6. The Morgan fingerprint density at radius 1 is 0.296 bits per heavy atom. The minimum Gasteiger partial charge on any atom is -0.462 e. The van der Waals surface area contributed by atoms with Crippen LogP contribution >= 0.6 is 0 Å². The van der Waals surface area contributed by atoms with E-state index in [0.29, 0.717) is 19.3 Å².